The highest BCUT2D eigenvalue weighted by Crippen LogP contribution is 2.35. The Morgan fingerprint density at radius 2 is 1.89 bits per heavy atom. The highest BCUT2D eigenvalue weighted by Gasteiger charge is 2.31. The van der Waals surface area contributed by atoms with Gasteiger partial charge in [-0.3, -0.25) is 4.79 Å². The SMILES string of the molecule is CC(C)(C(N)=O)c1cc(Cl)ccc1N1CCCCC1. The largest absolute Gasteiger partial charge is 0.371 e. The summed E-state index contributed by atoms with van der Waals surface area (Å²) in [5, 5.41) is 0.644. The average Bonchev–Trinajstić information content (AvgIpc) is 2.39. The van der Waals surface area contributed by atoms with Crippen molar-refractivity contribution < 1.29 is 4.79 Å². The zero-order valence-electron chi connectivity index (χ0n) is 11.6. The Hall–Kier alpha value is -1.22. The summed E-state index contributed by atoms with van der Waals surface area (Å²) >= 11 is 6.10. The fourth-order valence-electron chi connectivity index (χ4n) is 2.55. The van der Waals surface area contributed by atoms with E-state index in [1.54, 1.807) is 0 Å². The number of primary amides is 1. The fourth-order valence-corrected chi connectivity index (χ4v) is 2.72. The number of hydrogen-bond donors (Lipinski definition) is 1. The van der Waals surface area contributed by atoms with Gasteiger partial charge in [-0.25, -0.2) is 0 Å². The molecule has 0 bridgehead atoms. The van der Waals surface area contributed by atoms with E-state index in [1.165, 1.54) is 19.3 Å². The van der Waals surface area contributed by atoms with Gasteiger partial charge in [-0.2, -0.15) is 0 Å². The lowest BCUT2D eigenvalue weighted by Gasteiger charge is -2.34. The molecule has 0 saturated carbocycles. The minimum Gasteiger partial charge on any atom is -0.371 e. The van der Waals surface area contributed by atoms with Crippen LogP contribution in [-0.2, 0) is 10.2 Å². The summed E-state index contributed by atoms with van der Waals surface area (Å²) in [6, 6.07) is 5.76. The van der Waals surface area contributed by atoms with Crippen molar-refractivity contribution in [2.45, 2.75) is 38.5 Å². The summed E-state index contributed by atoms with van der Waals surface area (Å²) < 4.78 is 0. The lowest BCUT2D eigenvalue weighted by molar-refractivity contribution is -0.122. The number of carbonyl (C=O) groups excluding carboxylic acids is 1. The fraction of sp³-hybridized carbons (Fsp3) is 0.533. The van der Waals surface area contributed by atoms with Crippen LogP contribution in [0.5, 0.6) is 0 Å². The van der Waals surface area contributed by atoms with Crippen molar-refractivity contribution in [2.24, 2.45) is 5.73 Å². The predicted octanol–water partition coefficient (Wildman–Crippen LogP) is 3.09. The second-order valence-electron chi connectivity index (χ2n) is 5.70. The Balaban J connectivity index is 2.46. The van der Waals surface area contributed by atoms with E-state index in [2.05, 4.69) is 4.90 Å². The molecule has 19 heavy (non-hydrogen) atoms. The maximum absolute atomic E-state index is 11.7. The van der Waals surface area contributed by atoms with Crippen LogP contribution in [0.1, 0.15) is 38.7 Å². The van der Waals surface area contributed by atoms with Gasteiger partial charge in [0.1, 0.15) is 0 Å². The van der Waals surface area contributed by atoms with Gasteiger partial charge in [0.05, 0.1) is 5.41 Å². The van der Waals surface area contributed by atoms with Gasteiger partial charge in [-0.15, -0.1) is 0 Å². The maximum atomic E-state index is 11.7. The Kier molecular flexibility index (Phi) is 4.04. The number of nitrogens with zero attached hydrogens (tertiary/aromatic N) is 1. The van der Waals surface area contributed by atoms with Gasteiger partial charge in [0, 0.05) is 23.8 Å². The number of anilines is 1. The molecule has 1 aromatic rings. The number of rotatable bonds is 3. The van der Waals surface area contributed by atoms with Crippen molar-refractivity contribution in [3.63, 3.8) is 0 Å². The molecule has 0 unspecified atom stereocenters. The summed E-state index contributed by atoms with van der Waals surface area (Å²) in [4.78, 5) is 14.1. The van der Waals surface area contributed by atoms with Crippen LogP contribution in [0.25, 0.3) is 0 Å². The number of benzene rings is 1. The topological polar surface area (TPSA) is 46.3 Å². The molecule has 0 spiro atoms. The van der Waals surface area contributed by atoms with E-state index >= 15 is 0 Å². The normalized spacial score (nSPS) is 16.5. The van der Waals surface area contributed by atoms with Crippen molar-refractivity contribution >= 4 is 23.2 Å². The number of carbonyl (C=O) groups is 1. The molecule has 1 aromatic carbocycles. The third kappa shape index (κ3) is 2.86. The van der Waals surface area contributed by atoms with E-state index in [1.807, 2.05) is 32.0 Å². The average molecular weight is 281 g/mol. The van der Waals surface area contributed by atoms with Crippen LogP contribution < -0.4 is 10.6 Å². The van der Waals surface area contributed by atoms with Gasteiger partial charge < -0.3 is 10.6 Å². The van der Waals surface area contributed by atoms with E-state index in [0.29, 0.717) is 5.02 Å². The highest BCUT2D eigenvalue weighted by atomic mass is 35.5. The minimum atomic E-state index is -0.711. The molecular formula is C15H21ClN2O. The summed E-state index contributed by atoms with van der Waals surface area (Å²) in [6.45, 7) is 5.77. The Morgan fingerprint density at radius 1 is 1.26 bits per heavy atom. The van der Waals surface area contributed by atoms with Gasteiger partial charge in [0.25, 0.3) is 0 Å². The molecule has 2 N–H and O–H groups in total. The molecule has 1 heterocycles. The van der Waals surface area contributed by atoms with Crippen molar-refractivity contribution in [2.75, 3.05) is 18.0 Å². The van der Waals surface area contributed by atoms with Crippen molar-refractivity contribution in [3.8, 4) is 0 Å². The lowest BCUT2D eigenvalue weighted by atomic mass is 9.82. The molecule has 0 aliphatic carbocycles. The molecule has 0 aromatic heterocycles. The summed E-state index contributed by atoms with van der Waals surface area (Å²) in [5.74, 6) is -0.326. The smallest absolute Gasteiger partial charge is 0.227 e. The van der Waals surface area contributed by atoms with Crippen molar-refractivity contribution in [1.82, 2.24) is 0 Å². The van der Waals surface area contributed by atoms with Crippen LogP contribution in [0.15, 0.2) is 18.2 Å². The molecule has 1 aliphatic rings. The first-order valence-corrected chi connectivity index (χ1v) is 7.15. The van der Waals surface area contributed by atoms with E-state index in [4.69, 9.17) is 17.3 Å². The molecule has 2 rings (SSSR count). The number of amides is 1. The first-order chi connectivity index (χ1) is 8.93. The standard InChI is InChI=1S/C15H21ClN2O/c1-15(2,14(17)19)12-10-11(16)6-7-13(12)18-8-4-3-5-9-18/h6-7,10H,3-5,8-9H2,1-2H3,(H2,17,19). The highest BCUT2D eigenvalue weighted by molar-refractivity contribution is 6.30. The number of halogens is 1. The molecule has 1 fully saturated rings. The molecule has 0 atom stereocenters. The Labute approximate surface area is 119 Å². The zero-order valence-corrected chi connectivity index (χ0v) is 12.3. The predicted molar refractivity (Wildman–Crippen MR) is 79.7 cm³/mol. The summed E-state index contributed by atoms with van der Waals surface area (Å²) in [5.41, 5.74) is 6.86. The van der Waals surface area contributed by atoms with Gasteiger partial charge >= 0.3 is 0 Å². The van der Waals surface area contributed by atoms with Gasteiger partial charge in [0.15, 0.2) is 0 Å². The van der Waals surface area contributed by atoms with Crippen LogP contribution in [0.2, 0.25) is 5.02 Å². The van der Waals surface area contributed by atoms with Gasteiger partial charge in [0.2, 0.25) is 5.91 Å². The zero-order chi connectivity index (χ0) is 14.0. The second kappa shape index (κ2) is 5.41. The summed E-state index contributed by atoms with van der Waals surface area (Å²) in [6.07, 6.45) is 3.66. The Bertz CT molecular complexity index is 479. The van der Waals surface area contributed by atoms with Gasteiger partial charge in [-0.05, 0) is 56.9 Å². The maximum Gasteiger partial charge on any atom is 0.227 e. The summed E-state index contributed by atoms with van der Waals surface area (Å²) in [7, 11) is 0. The molecule has 4 heteroatoms. The van der Waals surface area contributed by atoms with E-state index in [9.17, 15) is 4.79 Å². The molecule has 1 amide bonds. The van der Waals surface area contributed by atoms with Crippen LogP contribution in [0, 0.1) is 0 Å². The Morgan fingerprint density at radius 3 is 2.47 bits per heavy atom. The monoisotopic (exact) mass is 280 g/mol. The van der Waals surface area contributed by atoms with Crippen LogP contribution >= 0.6 is 11.6 Å². The molecule has 1 aliphatic heterocycles. The van der Waals surface area contributed by atoms with Crippen molar-refractivity contribution in [3.05, 3.63) is 28.8 Å². The molecule has 3 nitrogen and oxygen atoms in total. The van der Waals surface area contributed by atoms with Crippen molar-refractivity contribution in [1.29, 1.82) is 0 Å². The van der Waals surface area contributed by atoms with Gasteiger partial charge in [-0.1, -0.05) is 11.6 Å². The number of piperidine rings is 1. The van der Waals surface area contributed by atoms with E-state index < -0.39 is 5.41 Å². The lowest BCUT2D eigenvalue weighted by Crippen LogP contribution is -2.38. The third-order valence-electron chi connectivity index (χ3n) is 3.94. The molecular weight excluding hydrogens is 260 g/mol. The third-order valence-corrected chi connectivity index (χ3v) is 4.18. The van der Waals surface area contributed by atoms with Crippen LogP contribution in [0.4, 0.5) is 5.69 Å². The van der Waals surface area contributed by atoms with E-state index in [0.717, 1.165) is 24.3 Å². The molecule has 0 radical (unpaired) electrons. The van der Waals surface area contributed by atoms with Crippen LogP contribution in [-0.4, -0.2) is 19.0 Å². The number of nitrogens with two attached hydrogens (primary N) is 1. The first kappa shape index (κ1) is 14.2. The van der Waals surface area contributed by atoms with E-state index in [-0.39, 0.29) is 5.91 Å². The molecule has 1 saturated heterocycles. The van der Waals surface area contributed by atoms with Crippen LogP contribution in [0.3, 0.4) is 0 Å². The first-order valence-electron chi connectivity index (χ1n) is 6.78. The minimum absolute atomic E-state index is 0.326. The molecule has 104 valence electrons. The quantitative estimate of drug-likeness (QED) is 0.925. The second-order valence-corrected chi connectivity index (χ2v) is 6.13. The number of hydrogen-bond acceptors (Lipinski definition) is 2.